The third-order valence-corrected chi connectivity index (χ3v) is 5.89. The molecule has 1 saturated heterocycles. The molecule has 1 aliphatic rings. The summed E-state index contributed by atoms with van der Waals surface area (Å²) in [6, 6.07) is 20.3. The van der Waals surface area contributed by atoms with E-state index in [-0.39, 0.29) is 36.5 Å². The van der Waals surface area contributed by atoms with Crippen molar-refractivity contribution in [3.63, 3.8) is 0 Å². The summed E-state index contributed by atoms with van der Waals surface area (Å²) in [6.45, 7) is 1.04. The zero-order valence-corrected chi connectivity index (χ0v) is 18.5. The smallest absolute Gasteiger partial charge is 0.270 e. The van der Waals surface area contributed by atoms with E-state index in [9.17, 15) is 14.4 Å². The molecule has 0 saturated carbocycles. The van der Waals surface area contributed by atoms with Crippen molar-refractivity contribution >= 4 is 28.6 Å². The maximum absolute atomic E-state index is 13.3. The third kappa shape index (κ3) is 5.74. The predicted octanol–water partition coefficient (Wildman–Crippen LogP) is 3.22. The molecule has 1 aromatic heterocycles. The number of hydrogen-bond acceptors (Lipinski definition) is 4. The van der Waals surface area contributed by atoms with Crippen molar-refractivity contribution in [1.82, 2.24) is 20.5 Å². The van der Waals surface area contributed by atoms with Gasteiger partial charge in [-0.25, -0.2) is 4.98 Å². The lowest BCUT2D eigenvalue weighted by atomic mass is 10.00. The van der Waals surface area contributed by atoms with E-state index in [1.54, 1.807) is 11.0 Å². The van der Waals surface area contributed by atoms with Crippen LogP contribution in [-0.2, 0) is 9.59 Å². The van der Waals surface area contributed by atoms with Crippen LogP contribution in [0, 0.1) is 0 Å². The average Bonchev–Trinajstić information content (AvgIpc) is 2.86. The van der Waals surface area contributed by atoms with Gasteiger partial charge >= 0.3 is 0 Å². The van der Waals surface area contributed by atoms with Crippen LogP contribution in [0.1, 0.15) is 47.8 Å². The van der Waals surface area contributed by atoms with Gasteiger partial charge in [0.1, 0.15) is 5.69 Å². The van der Waals surface area contributed by atoms with E-state index < -0.39 is 5.91 Å². The van der Waals surface area contributed by atoms with Crippen LogP contribution in [0.3, 0.4) is 0 Å². The van der Waals surface area contributed by atoms with Gasteiger partial charge in [-0.2, -0.15) is 0 Å². The van der Waals surface area contributed by atoms with E-state index in [4.69, 9.17) is 0 Å². The number of carbonyl (C=O) groups is 3. The Morgan fingerprint density at radius 3 is 2.61 bits per heavy atom. The third-order valence-electron chi connectivity index (χ3n) is 5.89. The molecule has 3 aromatic rings. The van der Waals surface area contributed by atoms with Crippen molar-refractivity contribution in [3.8, 4) is 0 Å². The molecule has 1 unspecified atom stereocenters. The minimum absolute atomic E-state index is 0.0760. The van der Waals surface area contributed by atoms with Gasteiger partial charge in [0.2, 0.25) is 11.8 Å². The molecule has 0 radical (unpaired) electrons. The molecule has 7 heteroatoms. The zero-order chi connectivity index (χ0) is 23.0. The van der Waals surface area contributed by atoms with Crippen molar-refractivity contribution in [1.29, 1.82) is 0 Å². The monoisotopic (exact) mass is 444 g/mol. The molecule has 0 bridgehead atoms. The lowest BCUT2D eigenvalue weighted by Crippen LogP contribution is -2.44. The molecule has 3 amide bonds. The second-order valence-electron chi connectivity index (χ2n) is 8.20. The van der Waals surface area contributed by atoms with Crippen LogP contribution in [0.4, 0.5) is 0 Å². The second-order valence-corrected chi connectivity index (χ2v) is 8.20. The van der Waals surface area contributed by atoms with Gasteiger partial charge in [0.05, 0.1) is 24.5 Å². The Morgan fingerprint density at radius 2 is 1.76 bits per heavy atom. The quantitative estimate of drug-likeness (QED) is 0.646. The number of carbonyl (C=O) groups excluding carboxylic acids is 3. The molecule has 33 heavy (non-hydrogen) atoms. The number of benzene rings is 2. The number of amides is 3. The molecule has 0 spiro atoms. The number of para-hydroxylation sites is 1. The molecule has 4 rings (SSSR count). The number of nitrogens with one attached hydrogen (secondary N) is 2. The molecule has 170 valence electrons. The first-order chi connectivity index (χ1) is 16.1. The van der Waals surface area contributed by atoms with Crippen LogP contribution in [0.25, 0.3) is 10.9 Å². The highest BCUT2D eigenvalue weighted by atomic mass is 16.2. The van der Waals surface area contributed by atoms with Crippen LogP contribution in [0.15, 0.2) is 66.7 Å². The molecule has 2 heterocycles. The molecule has 7 nitrogen and oxygen atoms in total. The second kappa shape index (κ2) is 10.7. The number of aromatic nitrogens is 1. The van der Waals surface area contributed by atoms with E-state index in [1.807, 2.05) is 60.7 Å². The summed E-state index contributed by atoms with van der Waals surface area (Å²) in [5.74, 6) is -0.691. The van der Waals surface area contributed by atoms with Gasteiger partial charge in [-0.1, -0.05) is 54.6 Å². The number of hydrogen-bond donors (Lipinski definition) is 2. The van der Waals surface area contributed by atoms with Crippen LogP contribution in [0.5, 0.6) is 0 Å². The van der Waals surface area contributed by atoms with Gasteiger partial charge in [0.15, 0.2) is 0 Å². The number of pyridine rings is 1. The maximum atomic E-state index is 13.3. The molecule has 1 aliphatic heterocycles. The SMILES string of the molecule is O=C1CC(c2ccccc2)N(C(=O)CNC(=O)c2ccc3ccccc3n2)CCCCCN1. The Bertz CT molecular complexity index is 1130. The number of fused-ring (bicyclic) bond motifs is 1. The largest absolute Gasteiger partial charge is 0.356 e. The predicted molar refractivity (Wildman–Crippen MR) is 126 cm³/mol. The van der Waals surface area contributed by atoms with E-state index in [0.29, 0.717) is 13.1 Å². The fourth-order valence-electron chi connectivity index (χ4n) is 4.14. The summed E-state index contributed by atoms with van der Waals surface area (Å²) in [7, 11) is 0. The van der Waals surface area contributed by atoms with Gasteiger partial charge in [-0.05, 0) is 37.0 Å². The number of rotatable bonds is 4. The lowest BCUT2D eigenvalue weighted by molar-refractivity contribution is -0.134. The van der Waals surface area contributed by atoms with Crippen molar-refractivity contribution in [3.05, 3.63) is 78.0 Å². The fraction of sp³-hybridized carbons (Fsp3) is 0.308. The Hall–Kier alpha value is -3.74. The van der Waals surface area contributed by atoms with Gasteiger partial charge in [0, 0.05) is 18.5 Å². The summed E-state index contributed by atoms with van der Waals surface area (Å²) < 4.78 is 0. The molecule has 0 aliphatic carbocycles. The van der Waals surface area contributed by atoms with Crippen LogP contribution in [-0.4, -0.2) is 47.2 Å². The molecule has 1 atom stereocenters. The molecular weight excluding hydrogens is 416 g/mol. The molecular formula is C26H28N4O3. The highest BCUT2D eigenvalue weighted by Gasteiger charge is 2.28. The first-order valence-electron chi connectivity index (χ1n) is 11.4. The van der Waals surface area contributed by atoms with Gasteiger partial charge < -0.3 is 15.5 Å². The zero-order valence-electron chi connectivity index (χ0n) is 18.5. The highest BCUT2D eigenvalue weighted by molar-refractivity contribution is 5.97. The standard InChI is InChI=1S/C26H28N4O3/c31-24-17-23(20-10-3-1-4-11-20)30(16-8-2-7-15-27-24)25(32)18-28-26(33)22-14-13-19-9-5-6-12-21(19)29-22/h1,3-6,9-14,23H,2,7-8,15-18H2,(H,27,31)(H,28,33). The lowest BCUT2D eigenvalue weighted by Gasteiger charge is -2.33. The summed E-state index contributed by atoms with van der Waals surface area (Å²) >= 11 is 0. The van der Waals surface area contributed by atoms with Gasteiger partial charge in [-0.15, -0.1) is 0 Å². The van der Waals surface area contributed by atoms with Crippen molar-refractivity contribution < 1.29 is 14.4 Å². The summed E-state index contributed by atoms with van der Waals surface area (Å²) in [5, 5.41) is 6.60. The Balaban J connectivity index is 1.49. The van der Waals surface area contributed by atoms with E-state index in [2.05, 4.69) is 15.6 Å². The maximum Gasteiger partial charge on any atom is 0.270 e. The van der Waals surface area contributed by atoms with Gasteiger partial charge in [0.25, 0.3) is 5.91 Å². The summed E-state index contributed by atoms with van der Waals surface area (Å²) in [5.41, 5.74) is 1.90. The normalized spacial score (nSPS) is 17.3. The number of nitrogens with zero attached hydrogens (tertiary/aromatic N) is 2. The minimum Gasteiger partial charge on any atom is -0.356 e. The topological polar surface area (TPSA) is 91.4 Å². The summed E-state index contributed by atoms with van der Waals surface area (Å²) in [4.78, 5) is 44.6. The van der Waals surface area contributed by atoms with Crippen LogP contribution < -0.4 is 10.6 Å². The van der Waals surface area contributed by atoms with E-state index >= 15 is 0 Å². The van der Waals surface area contributed by atoms with Crippen molar-refractivity contribution in [2.75, 3.05) is 19.6 Å². The minimum atomic E-state index is -0.399. The van der Waals surface area contributed by atoms with Crippen LogP contribution >= 0.6 is 0 Å². The first-order valence-corrected chi connectivity index (χ1v) is 11.4. The molecule has 2 N–H and O–H groups in total. The van der Waals surface area contributed by atoms with E-state index in [0.717, 1.165) is 35.7 Å². The fourth-order valence-corrected chi connectivity index (χ4v) is 4.14. The van der Waals surface area contributed by atoms with Crippen molar-refractivity contribution in [2.45, 2.75) is 31.7 Å². The Labute approximate surface area is 193 Å². The molecule has 1 fully saturated rings. The first kappa shape index (κ1) is 22.5. The van der Waals surface area contributed by atoms with Gasteiger partial charge in [-0.3, -0.25) is 14.4 Å². The van der Waals surface area contributed by atoms with Crippen molar-refractivity contribution in [2.24, 2.45) is 0 Å². The summed E-state index contributed by atoms with van der Waals surface area (Å²) in [6.07, 6.45) is 2.83. The average molecular weight is 445 g/mol. The Kier molecular flexibility index (Phi) is 7.29. The van der Waals surface area contributed by atoms with Crippen LogP contribution in [0.2, 0.25) is 0 Å². The van der Waals surface area contributed by atoms with E-state index in [1.165, 1.54) is 0 Å². The highest BCUT2D eigenvalue weighted by Crippen LogP contribution is 2.26. The molecule has 2 aromatic carbocycles. The Morgan fingerprint density at radius 1 is 0.970 bits per heavy atom.